The van der Waals surface area contributed by atoms with Crippen molar-refractivity contribution in [2.45, 2.75) is 0 Å². The summed E-state index contributed by atoms with van der Waals surface area (Å²) in [7, 11) is 1.58. The summed E-state index contributed by atoms with van der Waals surface area (Å²) < 4.78 is 5.16. The Hall–Kier alpha value is -2.83. The van der Waals surface area contributed by atoms with Gasteiger partial charge in [-0.3, -0.25) is 4.79 Å². The van der Waals surface area contributed by atoms with E-state index in [1.54, 1.807) is 62.0 Å². The zero-order chi connectivity index (χ0) is 18.5. The van der Waals surface area contributed by atoms with Crippen LogP contribution in [0.2, 0.25) is 10.0 Å². The van der Waals surface area contributed by atoms with E-state index in [0.29, 0.717) is 23.1 Å². The van der Waals surface area contributed by atoms with Crippen molar-refractivity contribution >= 4 is 46.4 Å². The third kappa shape index (κ3) is 4.22. The second kappa shape index (κ2) is 8.03. The summed E-state index contributed by atoms with van der Waals surface area (Å²) in [5, 5.41) is 6.37. The van der Waals surface area contributed by atoms with Crippen molar-refractivity contribution in [3.8, 4) is 5.75 Å². The van der Waals surface area contributed by atoms with Gasteiger partial charge in [-0.1, -0.05) is 29.3 Å². The van der Waals surface area contributed by atoms with Crippen molar-refractivity contribution in [2.75, 3.05) is 17.7 Å². The van der Waals surface area contributed by atoms with Gasteiger partial charge in [0.1, 0.15) is 17.4 Å². The lowest BCUT2D eigenvalue weighted by molar-refractivity contribution is 0.102. The van der Waals surface area contributed by atoms with Gasteiger partial charge in [0, 0.05) is 30.2 Å². The summed E-state index contributed by atoms with van der Waals surface area (Å²) in [5.41, 5.74) is 0.753. The summed E-state index contributed by atoms with van der Waals surface area (Å²) in [6, 6.07) is 11.7. The Morgan fingerprint density at radius 3 is 2.35 bits per heavy atom. The van der Waals surface area contributed by atoms with Crippen LogP contribution in [-0.4, -0.2) is 23.0 Å². The van der Waals surface area contributed by atoms with Crippen LogP contribution in [0.3, 0.4) is 0 Å². The Morgan fingerprint density at radius 2 is 1.65 bits per heavy atom. The molecule has 0 radical (unpaired) electrons. The van der Waals surface area contributed by atoms with Crippen molar-refractivity contribution in [2.24, 2.45) is 0 Å². The summed E-state index contributed by atoms with van der Waals surface area (Å²) in [6.07, 6.45) is 3.18. The molecule has 1 amide bonds. The van der Waals surface area contributed by atoms with Gasteiger partial charge >= 0.3 is 0 Å². The first-order valence-corrected chi connectivity index (χ1v) is 8.31. The molecule has 26 heavy (non-hydrogen) atoms. The molecule has 6 nitrogen and oxygen atoms in total. The molecule has 8 heteroatoms. The Balaban J connectivity index is 1.78. The van der Waals surface area contributed by atoms with Crippen LogP contribution in [0.5, 0.6) is 5.75 Å². The first kappa shape index (κ1) is 18.0. The standard InChI is InChI=1S/C18H14Cl2N4O2/c1-26-12-6-8-22-16(10-12)24-15-9-11(5-7-21-15)23-18(25)17-13(19)3-2-4-14(17)20/h2-10H,1H3,(H2,21,22,23,24,25). The van der Waals surface area contributed by atoms with Gasteiger partial charge in [-0.2, -0.15) is 0 Å². The Morgan fingerprint density at radius 1 is 1.00 bits per heavy atom. The number of amides is 1. The van der Waals surface area contributed by atoms with E-state index in [1.165, 1.54) is 0 Å². The van der Waals surface area contributed by atoms with E-state index in [0.717, 1.165) is 0 Å². The van der Waals surface area contributed by atoms with Crippen LogP contribution in [-0.2, 0) is 0 Å². The average molecular weight is 389 g/mol. The Labute approximate surface area is 160 Å². The molecule has 132 valence electrons. The van der Waals surface area contributed by atoms with Gasteiger partial charge in [0.25, 0.3) is 5.91 Å². The second-order valence-electron chi connectivity index (χ2n) is 5.19. The number of rotatable bonds is 5. The highest BCUT2D eigenvalue weighted by Crippen LogP contribution is 2.26. The van der Waals surface area contributed by atoms with Gasteiger partial charge in [-0.05, 0) is 24.3 Å². The lowest BCUT2D eigenvalue weighted by Crippen LogP contribution is -2.13. The van der Waals surface area contributed by atoms with E-state index >= 15 is 0 Å². The highest BCUT2D eigenvalue weighted by atomic mass is 35.5. The number of carbonyl (C=O) groups is 1. The maximum Gasteiger partial charge on any atom is 0.258 e. The number of ether oxygens (including phenoxy) is 1. The van der Waals surface area contributed by atoms with Crippen LogP contribution >= 0.6 is 23.2 Å². The van der Waals surface area contributed by atoms with Crippen molar-refractivity contribution < 1.29 is 9.53 Å². The zero-order valence-electron chi connectivity index (χ0n) is 13.7. The van der Waals surface area contributed by atoms with E-state index in [1.807, 2.05) is 0 Å². The van der Waals surface area contributed by atoms with E-state index in [9.17, 15) is 4.79 Å². The number of nitrogens with zero attached hydrogens (tertiary/aromatic N) is 2. The number of methoxy groups -OCH3 is 1. The number of nitrogens with one attached hydrogen (secondary N) is 2. The number of aromatic nitrogens is 2. The monoisotopic (exact) mass is 388 g/mol. The summed E-state index contributed by atoms with van der Waals surface area (Å²) >= 11 is 12.1. The summed E-state index contributed by atoms with van der Waals surface area (Å²) in [4.78, 5) is 20.9. The van der Waals surface area contributed by atoms with Crippen LogP contribution in [0.4, 0.5) is 17.3 Å². The van der Waals surface area contributed by atoms with Crippen LogP contribution in [0.1, 0.15) is 10.4 Å². The third-order valence-electron chi connectivity index (χ3n) is 3.43. The molecule has 0 saturated heterocycles. The lowest BCUT2D eigenvalue weighted by Gasteiger charge is -2.10. The predicted molar refractivity (Wildman–Crippen MR) is 103 cm³/mol. The molecular weight excluding hydrogens is 375 g/mol. The SMILES string of the molecule is COc1ccnc(Nc2cc(NC(=O)c3c(Cl)cccc3Cl)ccn2)c1. The van der Waals surface area contributed by atoms with Crippen molar-refractivity contribution in [3.63, 3.8) is 0 Å². The molecule has 0 saturated carbocycles. The number of benzene rings is 1. The first-order chi connectivity index (χ1) is 12.6. The van der Waals surface area contributed by atoms with Crippen LogP contribution in [0.25, 0.3) is 0 Å². The number of hydrogen-bond acceptors (Lipinski definition) is 5. The van der Waals surface area contributed by atoms with Gasteiger partial charge in [0.15, 0.2) is 0 Å². The van der Waals surface area contributed by atoms with E-state index < -0.39 is 5.91 Å². The molecule has 0 atom stereocenters. The van der Waals surface area contributed by atoms with Gasteiger partial charge in [0.2, 0.25) is 0 Å². The minimum absolute atomic E-state index is 0.219. The molecule has 2 N–H and O–H groups in total. The quantitative estimate of drug-likeness (QED) is 0.656. The average Bonchev–Trinajstić information content (AvgIpc) is 2.62. The van der Waals surface area contributed by atoms with Crippen molar-refractivity contribution in [1.29, 1.82) is 0 Å². The number of anilines is 3. The highest BCUT2D eigenvalue weighted by Gasteiger charge is 2.15. The molecule has 3 aromatic rings. The smallest absolute Gasteiger partial charge is 0.258 e. The van der Waals surface area contributed by atoms with Crippen LogP contribution in [0.15, 0.2) is 54.9 Å². The minimum Gasteiger partial charge on any atom is -0.497 e. The van der Waals surface area contributed by atoms with Gasteiger partial charge in [0.05, 0.1) is 22.7 Å². The van der Waals surface area contributed by atoms with Crippen LogP contribution < -0.4 is 15.4 Å². The maximum atomic E-state index is 12.5. The Kier molecular flexibility index (Phi) is 5.55. The largest absolute Gasteiger partial charge is 0.497 e. The fourth-order valence-corrected chi connectivity index (χ4v) is 2.79. The van der Waals surface area contributed by atoms with Crippen molar-refractivity contribution in [3.05, 3.63) is 70.5 Å². The summed E-state index contributed by atoms with van der Waals surface area (Å²) in [5.74, 6) is 1.33. The molecule has 0 fully saturated rings. The fraction of sp³-hybridized carbons (Fsp3) is 0.0556. The molecule has 2 aromatic heterocycles. The molecule has 0 spiro atoms. The topological polar surface area (TPSA) is 76.1 Å². The molecule has 0 aliphatic carbocycles. The maximum absolute atomic E-state index is 12.5. The molecule has 0 unspecified atom stereocenters. The van der Waals surface area contributed by atoms with E-state index in [4.69, 9.17) is 27.9 Å². The Bertz CT molecular complexity index is 930. The fourth-order valence-electron chi connectivity index (χ4n) is 2.22. The minimum atomic E-state index is -0.405. The molecule has 0 aliphatic rings. The number of pyridine rings is 2. The third-order valence-corrected chi connectivity index (χ3v) is 4.06. The van der Waals surface area contributed by atoms with Gasteiger partial charge < -0.3 is 15.4 Å². The highest BCUT2D eigenvalue weighted by molar-refractivity contribution is 6.40. The first-order valence-electron chi connectivity index (χ1n) is 7.55. The number of hydrogen-bond donors (Lipinski definition) is 2. The second-order valence-corrected chi connectivity index (χ2v) is 6.00. The predicted octanol–water partition coefficient (Wildman–Crippen LogP) is 4.79. The van der Waals surface area contributed by atoms with Gasteiger partial charge in [-0.25, -0.2) is 9.97 Å². The molecule has 0 bridgehead atoms. The zero-order valence-corrected chi connectivity index (χ0v) is 15.2. The van der Waals surface area contributed by atoms with E-state index in [2.05, 4.69) is 20.6 Å². The molecule has 0 aliphatic heterocycles. The lowest BCUT2D eigenvalue weighted by atomic mass is 10.2. The van der Waals surface area contributed by atoms with Crippen molar-refractivity contribution in [1.82, 2.24) is 9.97 Å². The van der Waals surface area contributed by atoms with Gasteiger partial charge in [-0.15, -0.1) is 0 Å². The molecular formula is C18H14Cl2N4O2. The van der Waals surface area contributed by atoms with E-state index in [-0.39, 0.29) is 15.6 Å². The number of halogens is 2. The summed E-state index contributed by atoms with van der Waals surface area (Å²) in [6.45, 7) is 0. The van der Waals surface area contributed by atoms with Crippen LogP contribution in [0, 0.1) is 0 Å². The number of carbonyl (C=O) groups excluding carboxylic acids is 1. The molecule has 1 aromatic carbocycles. The molecule has 3 rings (SSSR count). The molecule has 2 heterocycles. The normalized spacial score (nSPS) is 10.3.